The Kier molecular flexibility index (Phi) is 71.5. The number of unbranched alkanes of at least 4 members (excludes halogenated alkanes) is 45. The normalized spacial score (nSPS) is 14.5. The molecule has 612 valence electrons. The van der Waals surface area contributed by atoms with E-state index in [9.17, 15) is 43.2 Å². The van der Waals surface area contributed by atoms with Crippen molar-refractivity contribution in [2.75, 3.05) is 39.6 Å². The van der Waals surface area contributed by atoms with Crippen molar-refractivity contribution in [3.63, 3.8) is 0 Å². The Hall–Kier alpha value is -1.94. The van der Waals surface area contributed by atoms with E-state index in [1.165, 1.54) is 231 Å². The lowest BCUT2D eigenvalue weighted by molar-refractivity contribution is -0.161. The van der Waals surface area contributed by atoms with Gasteiger partial charge in [0.15, 0.2) is 12.2 Å². The standard InChI is InChI=1S/C84H164O17P2/c1-9-76(7)62-54-46-38-32-26-20-17-18-21-27-33-39-48-56-64-81(86)94-70-79(100-83(88)66-58-50-40-34-28-22-16-14-12-11-13-15-19-24-30-36-44-52-60-74(3)4)72-98-102(90,91)96-68-78(85)69-97-103(92,93)99-73-80(71-95-82(87)65-57-49-43-42-47-55-63-77(8)10-2)101-84(89)67-59-51-41-35-29-23-25-31-37-45-53-61-75(5)6/h74-80,85H,9-73H2,1-8H3,(H,90,91)(H,92,93)/t76?,77?,78-,79-,80-/m1/s1. The third-order valence-corrected chi connectivity index (χ3v) is 22.2. The number of hydrogen-bond donors (Lipinski definition) is 3. The molecule has 0 aliphatic heterocycles. The maximum Gasteiger partial charge on any atom is 0.472 e. The second kappa shape index (κ2) is 72.9. The molecule has 0 saturated carbocycles. The van der Waals surface area contributed by atoms with Crippen LogP contribution in [0.4, 0.5) is 0 Å². The first kappa shape index (κ1) is 101. The van der Waals surface area contributed by atoms with Crippen LogP contribution < -0.4 is 0 Å². The molecule has 0 rings (SSSR count). The van der Waals surface area contributed by atoms with Crippen molar-refractivity contribution >= 4 is 39.5 Å². The van der Waals surface area contributed by atoms with E-state index in [-0.39, 0.29) is 25.7 Å². The minimum Gasteiger partial charge on any atom is -0.462 e. The predicted molar refractivity (Wildman–Crippen MR) is 423 cm³/mol. The molecule has 3 N–H and O–H groups in total. The molecule has 0 spiro atoms. The maximum absolute atomic E-state index is 13.1. The molecule has 0 fully saturated rings. The van der Waals surface area contributed by atoms with Gasteiger partial charge in [-0.2, -0.15) is 0 Å². The number of phosphoric ester groups is 2. The van der Waals surface area contributed by atoms with Crippen molar-refractivity contribution in [2.24, 2.45) is 23.7 Å². The van der Waals surface area contributed by atoms with Crippen LogP contribution in [0.2, 0.25) is 0 Å². The van der Waals surface area contributed by atoms with Gasteiger partial charge in [-0.1, -0.05) is 383 Å². The van der Waals surface area contributed by atoms with Crippen molar-refractivity contribution in [1.29, 1.82) is 0 Å². The van der Waals surface area contributed by atoms with Crippen LogP contribution in [0.1, 0.15) is 434 Å². The van der Waals surface area contributed by atoms with E-state index >= 15 is 0 Å². The zero-order valence-electron chi connectivity index (χ0n) is 68.0. The maximum atomic E-state index is 13.1. The zero-order chi connectivity index (χ0) is 76.0. The van der Waals surface area contributed by atoms with E-state index < -0.39 is 97.5 Å². The number of aliphatic hydroxyl groups is 1. The van der Waals surface area contributed by atoms with Crippen LogP contribution in [0, 0.1) is 23.7 Å². The second-order valence-corrected chi connectivity index (χ2v) is 34.6. The summed E-state index contributed by atoms with van der Waals surface area (Å²) in [6.45, 7) is 14.3. The number of carbonyl (C=O) groups is 4. The molecule has 0 aliphatic rings. The van der Waals surface area contributed by atoms with Gasteiger partial charge in [-0.15, -0.1) is 0 Å². The first-order chi connectivity index (χ1) is 49.7. The van der Waals surface area contributed by atoms with Crippen molar-refractivity contribution in [2.45, 2.75) is 453 Å². The topological polar surface area (TPSA) is 237 Å². The number of carbonyl (C=O) groups excluding carboxylic acids is 4. The molecule has 19 heteroatoms. The molecule has 103 heavy (non-hydrogen) atoms. The Balaban J connectivity index is 5.24. The number of rotatable bonds is 81. The Morgan fingerprint density at radius 1 is 0.272 bits per heavy atom. The van der Waals surface area contributed by atoms with Crippen LogP contribution in [0.3, 0.4) is 0 Å². The third-order valence-electron chi connectivity index (χ3n) is 20.3. The molecule has 0 saturated heterocycles. The summed E-state index contributed by atoms with van der Waals surface area (Å²) < 4.78 is 68.8. The van der Waals surface area contributed by atoms with Gasteiger partial charge < -0.3 is 33.8 Å². The van der Waals surface area contributed by atoms with E-state index in [1.54, 1.807) is 0 Å². The third kappa shape index (κ3) is 75.3. The molecule has 7 atom stereocenters. The average molecular weight is 1510 g/mol. The highest BCUT2D eigenvalue weighted by Crippen LogP contribution is 2.45. The molecular weight excluding hydrogens is 1340 g/mol. The van der Waals surface area contributed by atoms with Crippen molar-refractivity contribution < 1.29 is 80.2 Å². The SMILES string of the molecule is CCC(C)CCCCCCCCCCCCCCCCC(=O)OC[C@H](COP(=O)(O)OC[C@@H](O)COP(=O)(O)OC[C@@H](COC(=O)CCCCCCCCC(C)CC)OC(=O)CCCCCCCCCCCCCC(C)C)OC(=O)CCCCCCCCCCCCCCCCCCCCC(C)C. The largest absolute Gasteiger partial charge is 0.472 e. The summed E-state index contributed by atoms with van der Waals surface area (Å²) in [5.41, 5.74) is 0. The zero-order valence-corrected chi connectivity index (χ0v) is 69.7. The Bertz CT molecular complexity index is 2010. The average Bonchev–Trinajstić information content (AvgIpc) is 0.919. The van der Waals surface area contributed by atoms with Crippen LogP contribution in [0.15, 0.2) is 0 Å². The van der Waals surface area contributed by atoms with Gasteiger partial charge in [0.1, 0.15) is 19.3 Å². The van der Waals surface area contributed by atoms with E-state index in [0.717, 1.165) is 120 Å². The van der Waals surface area contributed by atoms with Gasteiger partial charge in [-0.25, -0.2) is 9.13 Å². The van der Waals surface area contributed by atoms with E-state index in [4.69, 9.17) is 37.0 Å². The van der Waals surface area contributed by atoms with Crippen LogP contribution in [0.25, 0.3) is 0 Å². The second-order valence-electron chi connectivity index (χ2n) is 31.7. The molecule has 17 nitrogen and oxygen atoms in total. The van der Waals surface area contributed by atoms with Crippen molar-refractivity contribution in [1.82, 2.24) is 0 Å². The smallest absolute Gasteiger partial charge is 0.462 e. The quantitative estimate of drug-likeness (QED) is 0.0222. The van der Waals surface area contributed by atoms with Crippen LogP contribution in [-0.4, -0.2) is 96.7 Å². The van der Waals surface area contributed by atoms with Gasteiger partial charge in [0.05, 0.1) is 26.4 Å². The number of aliphatic hydroxyl groups excluding tert-OH is 1. The van der Waals surface area contributed by atoms with Gasteiger partial charge in [0.25, 0.3) is 0 Å². The lowest BCUT2D eigenvalue weighted by atomic mass is 9.99. The highest BCUT2D eigenvalue weighted by molar-refractivity contribution is 7.47. The van der Waals surface area contributed by atoms with Gasteiger partial charge >= 0.3 is 39.5 Å². The first-order valence-corrected chi connectivity index (χ1v) is 46.3. The fourth-order valence-corrected chi connectivity index (χ4v) is 14.5. The lowest BCUT2D eigenvalue weighted by Gasteiger charge is -2.21. The summed E-state index contributed by atoms with van der Waals surface area (Å²) in [6, 6.07) is 0. The fraction of sp³-hybridized carbons (Fsp3) is 0.952. The van der Waals surface area contributed by atoms with Gasteiger partial charge in [0.2, 0.25) is 0 Å². The predicted octanol–water partition coefficient (Wildman–Crippen LogP) is 25.2. The molecule has 0 aliphatic carbocycles. The molecule has 0 bridgehead atoms. The van der Waals surface area contributed by atoms with Crippen molar-refractivity contribution in [3.8, 4) is 0 Å². The van der Waals surface area contributed by atoms with Crippen LogP contribution in [0.5, 0.6) is 0 Å². The van der Waals surface area contributed by atoms with Crippen LogP contribution >= 0.6 is 15.6 Å². The Morgan fingerprint density at radius 3 is 0.689 bits per heavy atom. The summed E-state index contributed by atoms with van der Waals surface area (Å²) in [6.07, 6.45) is 61.1. The van der Waals surface area contributed by atoms with Crippen LogP contribution in [-0.2, 0) is 65.4 Å². The molecular formula is C84H164O17P2. The summed E-state index contributed by atoms with van der Waals surface area (Å²) in [7, 11) is -9.93. The van der Waals surface area contributed by atoms with E-state index in [2.05, 4.69) is 55.4 Å². The lowest BCUT2D eigenvalue weighted by Crippen LogP contribution is -2.30. The number of esters is 4. The van der Waals surface area contributed by atoms with Gasteiger partial charge in [-0.3, -0.25) is 37.3 Å². The van der Waals surface area contributed by atoms with Crippen molar-refractivity contribution in [3.05, 3.63) is 0 Å². The fourth-order valence-electron chi connectivity index (χ4n) is 12.9. The molecule has 0 aromatic rings. The number of phosphoric acid groups is 2. The number of hydrogen-bond acceptors (Lipinski definition) is 15. The molecule has 0 aromatic carbocycles. The summed E-state index contributed by atoms with van der Waals surface area (Å²) in [5.74, 6) is 1.05. The molecule has 0 radical (unpaired) electrons. The summed E-state index contributed by atoms with van der Waals surface area (Å²) >= 11 is 0. The Labute approximate surface area is 632 Å². The molecule has 0 aromatic heterocycles. The highest BCUT2D eigenvalue weighted by Gasteiger charge is 2.30. The number of ether oxygens (including phenoxy) is 4. The molecule has 0 heterocycles. The minimum atomic E-state index is -4.97. The monoisotopic (exact) mass is 1510 g/mol. The summed E-state index contributed by atoms with van der Waals surface area (Å²) in [5, 5.41) is 10.7. The summed E-state index contributed by atoms with van der Waals surface area (Å²) in [4.78, 5) is 73.1. The van der Waals surface area contributed by atoms with E-state index in [0.29, 0.717) is 25.7 Å². The molecule has 4 unspecified atom stereocenters. The first-order valence-electron chi connectivity index (χ1n) is 43.3. The molecule has 0 amide bonds. The highest BCUT2D eigenvalue weighted by atomic mass is 31.2. The Morgan fingerprint density at radius 2 is 0.466 bits per heavy atom. The van der Waals surface area contributed by atoms with Gasteiger partial charge in [-0.05, 0) is 49.4 Å². The van der Waals surface area contributed by atoms with Gasteiger partial charge in [0, 0.05) is 25.7 Å². The minimum absolute atomic E-state index is 0.105. The van der Waals surface area contributed by atoms with E-state index in [1.807, 2.05) is 0 Å².